The number of benzene rings is 2. The van der Waals surface area contributed by atoms with Crippen LogP contribution in [0.25, 0.3) is 6.08 Å². The minimum absolute atomic E-state index is 0.109. The number of aldehydes is 1. The zero-order chi connectivity index (χ0) is 22.1. The van der Waals surface area contributed by atoms with Crippen molar-refractivity contribution in [1.82, 2.24) is 0 Å². The van der Waals surface area contributed by atoms with E-state index in [9.17, 15) is 9.59 Å². The maximum Gasteiger partial charge on any atom is 0.314 e. The van der Waals surface area contributed by atoms with E-state index in [0.29, 0.717) is 46.2 Å². The van der Waals surface area contributed by atoms with E-state index in [4.69, 9.17) is 28.4 Å². The number of methoxy groups -OCH3 is 4. The van der Waals surface area contributed by atoms with Gasteiger partial charge in [0.2, 0.25) is 12.5 Å². The number of rotatable bonds is 6. The van der Waals surface area contributed by atoms with Crippen molar-refractivity contribution in [3.63, 3.8) is 0 Å². The highest BCUT2D eigenvalue weighted by atomic mass is 16.7. The molecule has 1 aliphatic carbocycles. The summed E-state index contributed by atoms with van der Waals surface area (Å²) in [6, 6.07) is 7.17. The Morgan fingerprint density at radius 1 is 0.968 bits per heavy atom. The number of ether oxygens (including phenoxy) is 6. The molecule has 0 unspecified atom stereocenters. The summed E-state index contributed by atoms with van der Waals surface area (Å²) in [6.45, 7) is 0.109. The van der Waals surface area contributed by atoms with Crippen LogP contribution < -0.4 is 23.7 Å². The number of esters is 1. The molecule has 0 saturated heterocycles. The number of hydrogen-bond donors (Lipinski definition) is 0. The molecule has 1 aliphatic heterocycles. The topological polar surface area (TPSA) is 89.5 Å². The molecule has 2 aromatic carbocycles. The largest absolute Gasteiger partial charge is 0.493 e. The Morgan fingerprint density at radius 2 is 1.61 bits per heavy atom. The van der Waals surface area contributed by atoms with Gasteiger partial charge in [-0.25, -0.2) is 0 Å². The van der Waals surface area contributed by atoms with E-state index in [2.05, 4.69) is 0 Å². The lowest BCUT2D eigenvalue weighted by Gasteiger charge is -2.32. The molecule has 0 N–H and O–H groups in total. The quantitative estimate of drug-likeness (QED) is 0.515. The number of carbonyl (C=O) groups excluding carboxylic acids is 2. The van der Waals surface area contributed by atoms with Crippen LogP contribution in [-0.4, -0.2) is 47.5 Å². The third-order valence-electron chi connectivity index (χ3n) is 5.57. The lowest BCUT2D eigenvalue weighted by molar-refractivity contribution is -0.145. The van der Waals surface area contributed by atoms with Crippen molar-refractivity contribution in [3.8, 4) is 28.7 Å². The summed E-state index contributed by atoms with van der Waals surface area (Å²) in [5.74, 6) is 0.504. The molecule has 0 aromatic heterocycles. The van der Waals surface area contributed by atoms with Crippen LogP contribution in [0.5, 0.6) is 28.7 Å². The van der Waals surface area contributed by atoms with Crippen LogP contribution in [0.15, 0.2) is 29.8 Å². The number of hydrogen-bond acceptors (Lipinski definition) is 8. The zero-order valence-electron chi connectivity index (χ0n) is 17.6. The van der Waals surface area contributed by atoms with E-state index in [-0.39, 0.29) is 6.79 Å². The Bertz CT molecular complexity index is 1050. The van der Waals surface area contributed by atoms with Crippen molar-refractivity contribution in [2.45, 2.75) is 5.92 Å². The van der Waals surface area contributed by atoms with Crippen molar-refractivity contribution in [2.24, 2.45) is 5.92 Å². The van der Waals surface area contributed by atoms with Crippen LogP contribution >= 0.6 is 0 Å². The van der Waals surface area contributed by atoms with Gasteiger partial charge >= 0.3 is 5.97 Å². The first kappa shape index (κ1) is 20.6. The first-order chi connectivity index (χ1) is 15.1. The monoisotopic (exact) mass is 426 g/mol. The minimum Gasteiger partial charge on any atom is -0.493 e. The fourth-order valence-electron chi connectivity index (χ4n) is 4.17. The average Bonchev–Trinajstić information content (AvgIpc) is 3.27. The van der Waals surface area contributed by atoms with Crippen LogP contribution in [0.4, 0.5) is 0 Å². The van der Waals surface area contributed by atoms with E-state index in [0.717, 1.165) is 11.1 Å². The van der Waals surface area contributed by atoms with Gasteiger partial charge in [0.05, 0.1) is 34.4 Å². The third kappa shape index (κ3) is 3.34. The number of fused-ring (bicyclic) bond motifs is 2. The highest BCUT2D eigenvalue weighted by Gasteiger charge is 2.40. The summed E-state index contributed by atoms with van der Waals surface area (Å²) in [6.07, 6.45) is 2.36. The fraction of sp³-hybridized carbons (Fsp3) is 0.304. The lowest BCUT2D eigenvalue weighted by Crippen LogP contribution is -2.30. The molecule has 0 bridgehead atoms. The Balaban J connectivity index is 1.99. The molecule has 0 radical (unpaired) electrons. The summed E-state index contributed by atoms with van der Waals surface area (Å²) >= 11 is 0. The summed E-state index contributed by atoms with van der Waals surface area (Å²) in [7, 11) is 5.85. The number of carbonyl (C=O) groups is 2. The van der Waals surface area contributed by atoms with Gasteiger partial charge in [-0.3, -0.25) is 9.59 Å². The molecule has 2 atom stereocenters. The van der Waals surface area contributed by atoms with Crippen molar-refractivity contribution < 1.29 is 38.0 Å². The molecule has 0 saturated carbocycles. The molecule has 2 aromatic rings. The van der Waals surface area contributed by atoms with Gasteiger partial charge in [-0.2, -0.15) is 0 Å². The van der Waals surface area contributed by atoms with E-state index < -0.39 is 17.8 Å². The molecule has 2 aliphatic rings. The fourth-order valence-corrected chi connectivity index (χ4v) is 4.17. The second kappa shape index (κ2) is 8.22. The van der Waals surface area contributed by atoms with Crippen LogP contribution in [0.1, 0.15) is 22.6 Å². The van der Waals surface area contributed by atoms with E-state index in [1.165, 1.54) is 28.4 Å². The van der Waals surface area contributed by atoms with Crippen molar-refractivity contribution in [2.75, 3.05) is 35.2 Å². The highest BCUT2D eigenvalue weighted by Crippen LogP contribution is 2.50. The standard InChI is InChI=1S/C23H22O8/c1-26-18-7-13(8-19(27-2)22(18)28-3)20-15-9-17-16(30-11-31-17)6-12(15)5-14(10-24)21(20)23(25)29-4/h5-10,20-21H,11H2,1-4H3/t20-,21+/m1/s1. The second-order valence-electron chi connectivity index (χ2n) is 7.03. The Morgan fingerprint density at radius 3 is 2.16 bits per heavy atom. The molecule has 4 rings (SSSR count). The van der Waals surface area contributed by atoms with Gasteiger partial charge in [0.15, 0.2) is 23.0 Å². The van der Waals surface area contributed by atoms with Gasteiger partial charge in [0.25, 0.3) is 0 Å². The normalized spacial score (nSPS) is 18.5. The zero-order valence-corrected chi connectivity index (χ0v) is 17.6. The van der Waals surface area contributed by atoms with Crippen molar-refractivity contribution in [1.29, 1.82) is 0 Å². The maximum absolute atomic E-state index is 12.8. The molecule has 8 heteroatoms. The highest BCUT2D eigenvalue weighted by molar-refractivity contribution is 5.95. The average molecular weight is 426 g/mol. The van der Waals surface area contributed by atoms with Gasteiger partial charge in [0, 0.05) is 11.5 Å². The lowest BCUT2D eigenvalue weighted by atomic mass is 9.71. The summed E-state index contributed by atoms with van der Waals surface area (Å²) in [5, 5.41) is 0. The molecule has 0 spiro atoms. The first-order valence-electron chi connectivity index (χ1n) is 9.54. The summed E-state index contributed by atoms with van der Waals surface area (Å²) in [4.78, 5) is 24.8. The third-order valence-corrected chi connectivity index (χ3v) is 5.57. The maximum atomic E-state index is 12.8. The van der Waals surface area contributed by atoms with Crippen molar-refractivity contribution in [3.05, 3.63) is 46.5 Å². The Hall–Kier alpha value is -3.68. The van der Waals surface area contributed by atoms with Crippen LogP contribution in [0.2, 0.25) is 0 Å². The molecule has 31 heavy (non-hydrogen) atoms. The summed E-state index contributed by atoms with van der Waals surface area (Å²) in [5.41, 5.74) is 2.54. The Labute approximate surface area is 179 Å². The van der Waals surface area contributed by atoms with Crippen LogP contribution in [0, 0.1) is 5.92 Å². The van der Waals surface area contributed by atoms with Crippen molar-refractivity contribution >= 4 is 18.3 Å². The molecule has 8 nitrogen and oxygen atoms in total. The van der Waals surface area contributed by atoms with Crippen LogP contribution in [0.3, 0.4) is 0 Å². The van der Waals surface area contributed by atoms with E-state index in [1.54, 1.807) is 24.3 Å². The second-order valence-corrected chi connectivity index (χ2v) is 7.03. The predicted octanol–water partition coefficient (Wildman–Crippen LogP) is 2.96. The molecular formula is C23H22O8. The molecular weight excluding hydrogens is 404 g/mol. The van der Waals surface area contributed by atoms with E-state index in [1.807, 2.05) is 6.07 Å². The minimum atomic E-state index is -0.863. The van der Waals surface area contributed by atoms with Gasteiger partial charge in [-0.15, -0.1) is 0 Å². The summed E-state index contributed by atoms with van der Waals surface area (Å²) < 4.78 is 32.5. The Kier molecular flexibility index (Phi) is 5.46. The SMILES string of the molecule is COC(=O)[C@H]1C(C=O)=Cc2cc3c(cc2[C@H]1c1cc(OC)c(OC)c(OC)c1)OCO3. The van der Waals surface area contributed by atoms with Gasteiger partial charge in [0.1, 0.15) is 6.29 Å². The smallest absolute Gasteiger partial charge is 0.314 e. The molecule has 162 valence electrons. The van der Waals surface area contributed by atoms with Gasteiger partial charge in [-0.05, 0) is 47.0 Å². The van der Waals surface area contributed by atoms with E-state index >= 15 is 0 Å². The predicted molar refractivity (Wildman–Crippen MR) is 110 cm³/mol. The first-order valence-corrected chi connectivity index (χ1v) is 9.54. The van der Waals surface area contributed by atoms with Crippen LogP contribution in [-0.2, 0) is 14.3 Å². The molecule has 0 fully saturated rings. The molecule has 1 heterocycles. The molecule has 0 amide bonds. The van der Waals surface area contributed by atoms with Gasteiger partial charge in [-0.1, -0.05) is 0 Å². The van der Waals surface area contributed by atoms with Gasteiger partial charge < -0.3 is 28.4 Å².